The van der Waals surface area contributed by atoms with E-state index in [-0.39, 0.29) is 21.3 Å². The highest BCUT2D eigenvalue weighted by Gasteiger charge is 2.32. The Kier molecular flexibility index (Phi) is 12.8. The number of halogens is 4. The maximum absolute atomic E-state index is 14.6. The van der Waals surface area contributed by atoms with Crippen LogP contribution in [0.5, 0.6) is 23.0 Å². The molecule has 1 aliphatic heterocycles. The Morgan fingerprint density at radius 3 is 1.90 bits per heavy atom. The molecule has 51 heavy (non-hydrogen) atoms. The molecule has 0 bridgehead atoms. The summed E-state index contributed by atoms with van der Waals surface area (Å²) in [7, 11) is -3.95. The number of alkyl halides is 3. The van der Waals surface area contributed by atoms with Crippen molar-refractivity contribution in [2.45, 2.75) is 62.7 Å². The van der Waals surface area contributed by atoms with E-state index in [1.165, 1.54) is 60.7 Å². The van der Waals surface area contributed by atoms with Crippen LogP contribution in [0.2, 0.25) is 0 Å². The van der Waals surface area contributed by atoms with Gasteiger partial charge in [0, 0.05) is 45.3 Å². The fraction of sp³-hybridized carbons (Fsp3) is 0.385. The van der Waals surface area contributed by atoms with Crippen molar-refractivity contribution in [2.24, 2.45) is 5.92 Å². The highest BCUT2D eigenvalue weighted by Crippen LogP contribution is 2.35. The average molecular weight is 728 g/mol. The summed E-state index contributed by atoms with van der Waals surface area (Å²) in [5.41, 5.74) is 0.449. The number of hydrogen-bond acceptors (Lipinski definition) is 7. The van der Waals surface area contributed by atoms with E-state index in [0.717, 1.165) is 69.8 Å². The van der Waals surface area contributed by atoms with E-state index in [9.17, 15) is 26.0 Å². The van der Waals surface area contributed by atoms with Gasteiger partial charge in [-0.05, 0) is 122 Å². The summed E-state index contributed by atoms with van der Waals surface area (Å²) in [5.74, 6) is 1.01. The molecule has 12 heteroatoms. The molecule has 1 N–H and O–H groups in total. The van der Waals surface area contributed by atoms with Crippen molar-refractivity contribution in [2.75, 3.05) is 39.3 Å². The van der Waals surface area contributed by atoms with Gasteiger partial charge in [0.15, 0.2) is 0 Å². The zero-order valence-electron chi connectivity index (χ0n) is 29.2. The van der Waals surface area contributed by atoms with Crippen LogP contribution in [0.15, 0.2) is 94.7 Å². The van der Waals surface area contributed by atoms with E-state index >= 15 is 0 Å². The van der Waals surface area contributed by atoms with Gasteiger partial charge in [-0.1, -0.05) is 20.8 Å². The standard InChI is InChI=1S/C39H45F4N3O4S/c1-4-16-45(17-13-28(2)3)27-30-21-32(40)25-36(23-30)50-34-7-11-38(12-8-34)51(47,48)37-9-5-33(6-10-37)49-35-22-29(20-31(24-35)39(41,42)43)26-46-18-14-44-15-19-46/h5-12,20-25,28,44H,4,13-19,26-27H2,1-3H3. The first-order valence-electron chi connectivity index (χ1n) is 17.3. The predicted molar refractivity (Wildman–Crippen MR) is 189 cm³/mol. The van der Waals surface area contributed by atoms with Crippen LogP contribution in [0.1, 0.15) is 50.3 Å². The molecule has 1 saturated heterocycles. The van der Waals surface area contributed by atoms with Gasteiger partial charge in [0.1, 0.15) is 28.8 Å². The lowest BCUT2D eigenvalue weighted by Crippen LogP contribution is -2.42. The third-order valence-corrected chi connectivity index (χ3v) is 10.3. The van der Waals surface area contributed by atoms with E-state index in [1.54, 1.807) is 12.1 Å². The summed E-state index contributed by atoms with van der Waals surface area (Å²) in [6.07, 6.45) is -2.52. The topological polar surface area (TPSA) is 71.1 Å². The van der Waals surface area contributed by atoms with E-state index < -0.39 is 27.4 Å². The van der Waals surface area contributed by atoms with Crippen LogP contribution in [0, 0.1) is 11.7 Å². The number of piperazine rings is 1. The summed E-state index contributed by atoms with van der Waals surface area (Å²) in [6.45, 7) is 12.2. The molecular formula is C39H45F4N3O4S. The number of ether oxygens (including phenoxy) is 2. The molecule has 1 fully saturated rings. The average Bonchev–Trinajstić information content (AvgIpc) is 3.07. The van der Waals surface area contributed by atoms with Crippen LogP contribution >= 0.6 is 0 Å². The fourth-order valence-electron chi connectivity index (χ4n) is 5.94. The van der Waals surface area contributed by atoms with Crippen LogP contribution in [0.4, 0.5) is 17.6 Å². The van der Waals surface area contributed by atoms with E-state index in [4.69, 9.17) is 9.47 Å². The molecule has 7 nitrogen and oxygen atoms in total. The second-order valence-corrected chi connectivity index (χ2v) is 15.2. The van der Waals surface area contributed by atoms with Crippen molar-refractivity contribution >= 4 is 9.84 Å². The lowest BCUT2D eigenvalue weighted by molar-refractivity contribution is -0.137. The Morgan fingerprint density at radius 1 is 0.784 bits per heavy atom. The lowest BCUT2D eigenvalue weighted by atomic mass is 10.1. The first kappa shape index (κ1) is 38.3. The molecule has 0 radical (unpaired) electrons. The minimum absolute atomic E-state index is 0.0102. The molecule has 4 aromatic rings. The molecule has 0 aromatic heterocycles. The highest BCUT2D eigenvalue weighted by molar-refractivity contribution is 7.91. The van der Waals surface area contributed by atoms with Crippen LogP contribution in [0.25, 0.3) is 0 Å². The molecule has 1 heterocycles. The first-order valence-corrected chi connectivity index (χ1v) is 18.7. The van der Waals surface area contributed by atoms with Gasteiger partial charge in [-0.25, -0.2) is 12.8 Å². The molecule has 0 unspecified atom stereocenters. The third-order valence-electron chi connectivity index (χ3n) is 8.55. The molecule has 0 atom stereocenters. The van der Waals surface area contributed by atoms with E-state index in [0.29, 0.717) is 36.1 Å². The van der Waals surface area contributed by atoms with Gasteiger partial charge in [-0.3, -0.25) is 9.80 Å². The smallest absolute Gasteiger partial charge is 0.416 e. The maximum atomic E-state index is 14.6. The Balaban J connectivity index is 1.26. The van der Waals surface area contributed by atoms with Gasteiger partial charge in [0.05, 0.1) is 15.4 Å². The van der Waals surface area contributed by atoms with Gasteiger partial charge in [-0.2, -0.15) is 13.2 Å². The predicted octanol–water partition coefficient (Wildman–Crippen LogP) is 8.93. The number of nitrogens with one attached hydrogen (secondary N) is 1. The van der Waals surface area contributed by atoms with Crippen LogP contribution in [-0.4, -0.2) is 57.5 Å². The largest absolute Gasteiger partial charge is 0.457 e. The van der Waals surface area contributed by atoms with Gasteiger partial charge in [-0.15, -0.1) is 0 Å². The van der Waals surface area contributed by atoms with Crippen molar-refractivity contribution in [3.63, 3.8) is 0 Å². The van der Waals surface area contributed by atoms with Crippen molar-refractivity contribution in [1.29, 1.82) is 0 Å². The summed E-state index contributed by atoms with van der Waals surface area (Å²) < 4.78 is 94.3. The first-order chi connectivity index (χ1) is 24.3. The quantitative estimate of drug-likeness (QED) is 0.123. The number of nitrogens with zero attached hydrogens (tertiary/aromatic N) is 2. The van der Waals surface area contributed by atoms with Gasteiger partial charge in [0.2, 0.25) is 9.84 Å². The zero-order chi connectivity index (χ0) is 36.6. The molecule has 4 aromatic carbocycles. The summed E-state index contributed by atoms with van der Waals surface area (Å²) in [4.78, 5) is 4.37. The minimum atomic E-state index is -4.56. The number of benzene rings is 4. The van der Waals surface area contributed by atoms with Crippen LogP contribution in [-0.2, 0) is 29.1 Å². The zero-order valence-corrected chi connectivity index (χ0v) is 30.0. The molecule has 0 saturated carbocycles. The molecule has 274 valence electrons. The highest BCUT2D eigenvalue weighted by atomic mass is 32.2. The van der Waals surface area contributed by atoms with Crippen molar-refractivity contribution in [3.8, 4) is 23.0 Å². The third kappa shape index (κ3) is 11.0. The SMILES string of the molecule is CCCN(CCC(C)C)Cc1cc(F)cc(Oc2ccc(S(=O)(=O)c3ccc(Oc4cc(CN5CCNCC5)cc(C(F)(F)F)c4)cc3)cc2)c1. The molecular weight excluding hydrogens is 683 g/mol. The minimum Gasteiger partial charge on any atom is -0.457 e. The van der Waals surface area contributed by atoms with Crippen molar-refractivity contribution in [3.05, 3.63) is 107 Å². The number of hydrogen-bond donors (Lipinski definition) is 1. The van der Waals surface area contributed by atoms with Crippen LogP contribution < -0.4 is 14.8 Å². The fourth-order valence-corrected chi connectivity index (χ4v) is 7.20. The van der Waals surface area contributed by atoms with Gasteiger partial charge in [0.25, 0.3) is 0 Å². The Labute approximate surface area is 298 Å². The summed E-state index contributed by atoms with van der Waals surface area (Å²) in [5, 5.41) is 3.23. The van der Waals surface area contributed by atoms with Crippen LogP contribution in [0.3, 0.4) is 0 Å². The van der Waals surface area contributed by atoms with Crippen molar-refractivity contribution < 1.29 is 35.5 Å². The molecule has 5 rings (SSSR count). The second-order valence-electron chi connectivity index (χ2n) is 13.3. The van der Waals surface area contributed by atoms with Crippen molar-refractivity contribution in [1.82, 2.24) is 15.1 Å². The van der Waals surface area contributed by atoms with Gasteiger partial charge < -0.3 is 14.8 Å². The summed E-state index contributed by atoms with van der Waals surface area (Å²) >= 11 is 0. The normalized spacial score (nSPS) is 14.3. The van der Waals surface area contributed by atoms with Gasteiger partial charge >= 0.3 is 6.18 Å². The van der Waals surface area contributed by atoms with E-state index in [2.05, 4.69) is 35.9 Å². The monoisotopic (exact) mass is 727 g/mol. The number of sulfone groups is 1. The Bertz CT molecular complexity index is 1840. The molecule has 0 spiro atoms. The Hall–Kier alpha value is -3.97. The summed E-state index contributed by atoms with van der Waals surface area (Å²) in [6, 6.07) is 19.6. The lowest BCUT2D eigenvalue weighted by Gasteiger charge is -2.27. The number of rotatable bonds is 15. The molecule has 0 aliphatic carbocycles. The Morgan fingerprint density at radius 2 is 1.35 bits per heavy atom. The second kappa shape index (κ2) is 17.0. The molecule has 1 aliphatic rings. The van der Waals surface area contributed by atoms with E-state index in [1.807, 2.05) is 0 Å². The molecule has 0 amide bonds. The maximum Gasteiger partial charge on any atom is 0.416 e.